The smallest absolute Gasteiger partial charge is 0.311 e. The third kappa shape index (κ3) is 3.54. The van der Waals surface area contributed by atoms with Crippen LogP contribution in [0, 0.1) is 5.41 Å². The first kappa shape index (κ1) is 15.8. The molecule has 1 aromatic carbocycles. The van der Waals surface area contributed by atoms with Gasteiger partial charge in [-0.3, -0.25) is 9.59 Å². The molecule has 0 unspecified atom stereocenters. The van der Waals surface area contributed by atoms with Crippen LogP contribution in [0.1, 0.15) is 23.2 Å². The van der Waals surface area contributed by atoms with Crippen LogP contribution in [0.15, 0.2) is 22.7 Å². The van der Waals surface area contributed by atoms with Gasteiger partial charge in [0.25, 0.3) is 5.91 Å². The number of carboxylic acid groups (broad SMARTS) is 1. The number of rotatable bonds is 4. The van der Waals surface area contributed by atoms with Gasteiger partial charge in [-0.05, 0) is 47.0 Å². The summed E-state index contributed by atoms with van der Waals surface area (Å²) >= 11 is 3.26. The van der Waals surface area contributed by atoms with Crippen LogP contribution < -0.4 is 11.1 Å². The Bertz CT molecular complexity index is 556. The number of benzene rings is 1. The number of anilines is 1. The minimum absolute atomic E-state index is 0.0898. The summed E-state index contributed by atoms with van der Waals surface area (Å²) in [4.78, 5) is 23.6. The molecule has 1 saturated heterocycles. The maximum absolute atomic E-state index is 12.1. The second-order valence-electron chi connectivity index (χ2n) is 5.12. The standard InChI is InChI=1S/C14H17BrN2O4/c15-10-7-9(1-2-11(10)16)12(18)17-8-14(13(19)20)3-5-21-6-4-14/h1-2,7H,3-6,8,16H2,(H,17,18)(H,19,20). The lowest BCUT2D eigenvalue weighted by Gasteiger charge is -2.33. The summed E-state index contributed by atoms with van der Waals surface area (Å²) in [5.74, 6) is -1.22. The van der Waals surface area contributed by atoms with Gasteiger partial charge in [-0.2, -0.15) is 0 Å². The first-order chi connectivity index (χ1) is 9.94. The Hall–Kier alpha value is -1.60. The second-order valence-corrected chi connectivity index (χ2v) is 5.97. The third-order valence-electron chi connectivity index (χ3n) is 3.75. The molecule has 1 fully saturated rings. The van der Waals surface area contributed by atoms with Crippen LogP contribution in [-0.4, -0.2) is 36.7 Å². The highest BCUT2D eigenvalue weighted by atomic mass is 79.9. The van der Waals surface area contributed by atoms with E-state index in [1.165, 1.54) is 0 Å². The summed E-state index contributed by atoms with van der Waals surface area (Å²) in [5, 5.41) is 12.1. The Labute approximate surface area is 130 Å². The molecule has 1 heterocycles. The lowest BCUT2D eigenvalue weighted by atomic mass is 9.80. The van der Waals surface area contributed by atoms with Crippen molar-refractivity contribution >= 4 is 33.5 Å². The van der Waals surface area contributed by atoms with E-state index in [1.54, 1.807) is 18.2 Å². The van der Waals surface area contributed by atoms with Crippen molar-refractivity contribution in [2.45, 2.75) is 12.8 Å². The number of nitrogens with two attached hydrogens (primary N) is 1. The number of hydrogen-bond acceptors (Lipinski definition) is 4. The van der Waals surface area contributed by atoms with Crippen molar-refractivity contribution in [2.24, 2.45) is 5.41 Å². The fourth-order valence-electron chi connectivity index (χ4n) is 2.25. The maximum Gasteiger partial charge on any atom is 0.311 e. The predicted molar refractivity (Wildman–Crippen MR) is 81.0 cm³/mol. The average molecular weight is 357 g/mol. The van der Waals surface area contributed by atoms with Gasteiger partial charge in [0.2, 0.25) is 0 Å². The molecule has 6 nitrogen and oxygen atoms in total. The molecule has 0 atom stereocenters. The van der Waals surface area contributed by atoms with Crippen LogP contribution in [0.2, 0.25) is 0 Å². The Morgan fingerprint density at radius 1 is 1.38 bits per heavy atom. The zero-order chi connectivity index (χ0) is 15.5. The van der Waals surface area contributed by atoms with Crippen molar-refractivity contribution < 1.29 is 19.4 Å². The number of hydrogen-bond donors (Lipinski definition) is 3. The summed E-state index contributed by atoms with van der Waals surface area (Å²) in [6.45, 7) is 0.887. The molecule has 1 aliphatic heterocycles. The van der Waals surface area contributed by atoms with Crippen molar-refractivity contribution in [2.75, 3.05) is 25.5 Å². The van der Waals surface area contributed by atoms with Gasteiger partial charge in [-0.15, -0.1) is 0 Å². The molecule has 21 heavy (non-hydrogen) atoms. The minimum Gasteiger partial charge on any atom is -0.481 e. The molecule has 0 bridgehead atoms. The van der Waals surface area contributed by atoms with Gasteiger partial charge in [-0.1, -0.05) is 0 Å². The molecular formula is C14H17BrN2O4. The molecule has 114 valence electrons. The van der Waals surface area contributed by atoms with Gasteiger partial charge in [0.15, 0.2) is 0 Å². The Balaban J connectivity index is 2.05. The molecule has 1 aliphatic rings. The number of carboxylic acids is 1. The van der Waals surface area contributed by atoms with Gasteiger partial charge < -0.3 is 20.9 Å². The van der Waals surface area contributed by atoms with E-state index < -0.39 is 11.4 Å². The summed E-state index contributed by atoms with van der Waals surface area (Å²) in [6.07, 6.45) is 0.794. The van der Waals surface area contributed by atoms with E-state index >= 15 is 0 Å². The normalized spacial score (nSPS) is 17.2. The molecular weight excluding hydrogens is 340 g/mol. The van der Waals surface area contributed by atoms with Crippen LogP contribution in [0.25, 0.3) is 0 Å². The van der Waals surface area contributed by atoms with Gasteiger partial charge in [-0.25, -0.2) is 0 Å². The lowest BCUT2D eigenvalue weighted by molar-refractivity contribution is -0.154. The van der Waals surface area contributed by atoms with Gasteiger partial charge in [0.05, 0.1) is 5.41 Å². The zero-order valence-electron chi connectivity index (χ0n) is 11.4. The molecule has 0 spiro atoms. The van der Waals surface area contributed by atoms with Crippen molar-refractivity contribution in [1.82, 2.24) is 5.32 Å². The third-order valence-corrected chi connectivity index (χ3v) is 4.44. The van der Waals surface area contributed by atoms with Crippen molar-refractivity contribution in [1.29, 1.82) is 0 Å². The molecule has 0 aliphatic carbocycles. The highest BCUT2D eigenvalue weighted by molar-refractivity contribution is 9.10. The molecule has 0 saturated carbocycles. The van der Waals surface area contributed by atoms with E-state index in [0.717, 1.165) is 0 Å². The number of carbonyl (C=O) groups excluding carboxylic acids is 1. The Morgan fingerprint density at radius 3 is 2.62 bits per heavy atom. The number of ether oxygens (including phenoxy) is 1. The van der Waals surface area contributed by atoms with Crippen molar-refractivity contribution in [3.05, 3.63) is 28.2 Å². The van der Waals surface area contributed by atoms with E-state index in [2.05, 4.69) is 21.2 Å². The highest BCUT2D eigenvalue weighted by Crippen LogP contribution is 2.30. The van der Waals surface area contributed by atoms with E-state index in [9.17, 15) is 14.7 Å². The number of halogens is 1. The van der Waals surface area contributed by atoms with Crippen LogP contribution in [0.5, 0.6) is 0 Å². The number of nitrogens with one attached hydrogen (secondary N) is 1. The molecule has 0 radical (unpaired) electrons. The SMILES string of the molecule is Nc1ccc(C(=O)NCC2(C(=O)O)CCOCC2)cc1Br. The van der Waals surface area contributed by atoms with Crippen molar-refractivity contribution in [3.8, 4) is 0 Å². The monoisotopic (exact) mass is 356 g/mol. The number of amides is 1. The van der Waals surface area contributed by atoms with Crippen molar-refractivity contribution in [3.63, 3.8) is 0 Å². The van der Waals surface area contributed by atoms with E-state index in [4.69, 9.17) is 10.5 Å². The van der Waals surface area contributed by atoms with Gasteiger partial charge >= 0.3 is 5.97 Å². The second kappa shape index (κ2) is 6.44. The fourth-order valence-corrected chi connectivity index (χ4v) is 2.63. The van der Waals surface area contributed by atoms with Gasteiger partial charge in [0.1, 0.15) is 0 Å². The van der Waals surface area contributed by atoms with Crippen LogP contribution in [-0.2, 0) is 9.53 Å². The first-order valence-electron chi connectivity index (χ1n) is 6.59. The number of aliphatic carboxylic acids is 1. The lowest BCUT2D eigenvalue weighted by Crippen LogP contribution is -2.46. The summed E-state index contributed by atoms with van der Waals surface area (Å²) in [6, 6.07) is 4.84. The van der Waals surface area contributed by atoms with E-state index in [1.807, 2.05) is 0 Å². The van der Waals surface area contributed by atoms with Crippen LogP contribution in [0.4, 0.5) is 5.69 Å². The highest BCUT2D eigenvalue weighted by Gasteiger charge is 2.40. The maximum atomic E-state index is 12.1. The average Bonchev–Trinajstić information content (AvgIpc) is 2.48. The topological polar surface area (TPSA) is 102 Å². The zero-order valence-corrected chi connectivity index (χ0v) is 13.0. The summed E-state index contributed by atoms with van der Waals surface area (Å²) in [5.41, 5.74) is 5.70. The summed E-state index contributed by atoms with van der Waals surface area (Å²) in [7, 11) is 0. The quantitative estimate of drug-likeness (QED) is 0.711. The van der Waals surface area contributed by atoms with Gasteiger partial charge in [0, 0.05) is 35.5 Å². The van der Waals surface area contributed by atoms with E-state index in [-0.39, 0.29) is 12.5 Å². The Kier molecular flexibility index (Phi) is 4.84. The number of carbonyl (C=O) groups is 2. The summed E-state index contributed by atoms with van der Waals surface area (Å²) < 4.78 is 5.83. The Morgan fingerprint density at radius 2 is 2.05 bits per heavy atom. The molecule has 1 amide bonds. The van der Waals surface area contributed by atoms with Crippen LogP contribution >= 0.6 is 15.9 Å². The predicted octanol–water partition coefficient (Wildman–Crippen LogP) is 1.64. The molecule has 0 aromatic heterocycles. The molecule has 4 N–H and O–H groups in total. The first-order valence-corrected chi connectivity index (χ1v) is 7.38. The van der Waals surface area contributed by atoms with E-state index in [0.29, 0.717) is 41.8 Å². The molecule has 2 rings (SSSR count). The van der Waals surface area contributed by atoms with Crippen LogP contribution in [0.3, 0.4) is 0 Å². The fraction of sp³-hybridized carbons (Fsp3) is 0.429. The molecule has 1 aromatic rings. The minimum atomic E-state index is -0.945. The largest absolute Gasteiger partial charge is 0.481 e. The molecule has 7 heteroatoms. The number of nitrogen functional groups attached to an aromatic ring is 1.